The second-order valence-corrected chi connectivity index (χ2v) is 8.19. The lowest BCUT2D eigenvalue weighted by atomic mass is 9.82. The molecule has 0 amide bonds. The number of benzene rings is 2. The highest BCUT2D eigenvalue weighted by atomic mass is 16.5. The highest BCUT2D eigenvalue weighted by Gasteiger charge is 2.37. The van der Waals surface area contributed by atoms with Gasteiger partial charge in [-0.3, -0.25) is 5.43 Å². The van der Waals surface area contributed by atoms with Crippen LogP contribution in [0.2, 0.25) is 0 Å². The third-order valence-corrected chi connectivity index (χ3v) is 6.37. The van der Waals surface area contributed by atoms with E-state index in [1.54, 1.807) is 7.11 Å². The van der Waals surface area contributed by atoms with Crippen molar-refractivity contribution >= 4 is 0 Å². The molecule has 2 fully saturated rings. The van der Waals surface area contributed by atoms with Crippen molar-refractivity contribution in [3.63, 3.8) is 0 Å². The molecule has 3 N–H and O–H groups in total. The Morgan fingerprint density at radius 3 is 2.68 bits per heavy atom. The number of aryl methyl sites for hydroxylation is 1. The minimum atomic E-state index is -0.694. The first-order chi connectivity index (χ1) is 13.6. The Kier molecular flexibility index (Phi) is 5.69. The van der Waals surface area contributed by atoms with Crippen molar-refractivity contribution in [2.24, 2.45) is 5.92 Å². The molecule has 150 valence electrons. The number of hydrogen-bond acceptors (Lipinski definition) is 5. The molecule has 5 nitrogen and oxygen atoms in total. The summed E-state index contributed by atoms with van der Waals surface area (Å²) in [6.45, 7) is 5.90. The number of aliphatic hydroxyl groups is 1. The highest BCUT2D eigenvalue weighted by Crippen LogP contribution is 2.36. The zero-order chi connectivity index (χ0) is 19.6. The fourth-order valence-electron chi connectivity index (χ4n) is 4.70. The molecule has 2 aromatic rings. The molecule has 0 spiro atoms. The molecule has 2 atom stereocenters. The van der Waals surface area contributed by atoms with Crippen LogP contribution in [0, 0.1) is 12.8 Å². The van der Waals surface area contributed by atoms with Crippen LogP contribution < -0.4 is 15.6 Å². The van der Waals surface area contributed by atoms with Crippen LogP contribution in [0.25, 0.3) is 0 Å². The Morgan fingerprint density at radius 1 is 1.14 bits per heavy atom. The molecule has 0 aromatic heterocycles. The molecule has 0 saturated carbocycles. The van der Waals surface area contributed by atoms with Gasteiger partial charge >= 0.3 is 0 Å². The van der Waals surface area contributed by atoms with Gasteiger partial charge in [-0.15, -0.1) is 0 Å². The topological polar surface area (TPSA) is 56.8 Å². The molecule has 2 unspecified atom stereocenters. The van der Waals surface area contributed by atoms with Crippen molar-refractivity contribution < 1.29 is 9.84 Å². The van der Waals surface area contributed by atoms with Crippen LogP contribution >= 0.6 is 0 Å². The zero-order valence-corrected chi connectivity index (χ0v) is 16.8. The number of ether oxygens (including phenoxy) is 1. The van der Waals surface area contributed by atoms with Crippen LogP contribution in [-0.2, 0) is 5.60 Å². The van der Waals surface area contributed by atoms with Gasteiger partial charge in [-0.05, 0) is 48.6 Å². The summed E-state index contributed by atoms with van der Waals surface area (Å²) < 4.78 is 5.39. The molecule has 4 rings (SSSR count). The number of nitrogens with zero attached hydrogens (tertiary/aromatic N) is 1. The fraction of sp³-hybridized carbons (Fsp3) is 0.478. The number of hydrogen-bond donors (Lipinski definition) is 3. The fourth-order valence-corrected chi connectivity index (χ4v) is 4.70. The smallest absolute Gasteiger partial charge is 0.119 e. The summed E-state index contributed by atoms with van der Waals surface area (Å²) in [5.41, 5.74) is 9.59. The molecule has 28 heavy (non-hydrogen) atoms. The van der Waals surface area contributed by atoms with Crippen LogP contribution in [0.3, 0.4) is 0 Å². The van der Waals surface area contributed by atoms with E-state index in [9.17, 15) is 5.11 Å². The molecule has 0 bridgehead atoms. The van der Waals surface area contributed by atoms with Crippen LogP contribution in [0.4, 0.5) is 0 Å². The normalized spacial score (nSPS) is 25.0. The van der Waals surface area contributed by atoms with Crippen molar-refractivity contribution in [2.45, 2.75) is 31.4 Å². The first kappa shape index (κ1) is 19.4. The Hall–Kier alpha value is -1.92. The molecule has 0 radical (unpaired) electrons. The van der Waals surface area contributed by atoms with E-state index in [1.165, 1.54) is 11.1 Å². The maximum atomic E-state index is 11.2. The standard InChI is InChI=1S/C23H31N3O2/c1-17-6-3-4-9-21(17)23(27)10-12-26(13-11-23)16-19-15-24-25-22(19)18-7-5-8-20(14-18)28-2/h3-9,14,19,22,24-25,27H,10-13,15-16H2,1-2H3. The van der Waals surface area contributed by atoms with E-state index in [-0.39, 0.29) is 6.04 Å². The molecule has 2 heterocycles. The van der Waals surface area contributed by atoms with Crippen LogP contribution in [-0.4, -0.2) is 43.3 Å². The van der Waals surface area contributed by atoms with E-state index in [0.717, 1.165) is 50.3 Å². The quantitative estimate of drug-likeness (QED) is 0.744. The minimum Gasteiger partial charge on any atom is -0.497 e. The zero-order valence-electron chi connectivity index (χ0n) is 16.8. The Balaban J connectivity index is 1.39. The monoisotopic (exact) mass is 381 g/mol. The number of piperidine rings is 1. The van der Waals surface area contributed by atoms with Crippen LogP contribution in [0.1, 0.15) is 35.6 Å². The number of likely N-dealkylation sites (tertiary alicyclic amines) is 1. The van der Waals surface area contributed by atoms with Crippen LogP contribution in [0.5, 0.6) is 5.75 Å². The average molecular weight is 382 g/mol. The summed E-state index contributed by atoms with van der Waals surface area (Å²) in [4.78, 5) is 2.50. The molecule has 2 aliphatic rings. The summed E-state index contributed by atoms with van der Waals surface area (Å²) in [6.07, 6.45) is 1.57. The second kappa shape index (κ2) is 8.21. The minimum absolute atomic E-state index is 0.271. The maximum Gasteiger partial charge on any atom is 0.119 e. The van der Waals surface area contributed by atoms with Gasteiger partial charge in [0.2, 0.25) is 0 Å². The van der Waals surface area contributed by atoms with Crippen molar-refractivity contribution in [1.29, 1.82) is 0 Å². The molecule has 0 aliphatic carbocycles. The van der Waals surface area contributed by atoms with Gasteiger partial charge in [0.25, 0.3) is 0 Å². The Morgan fingerprint density at radius 2 is 1.93 bits per heavy atom. The molecular formula is C23H31N3O2. The van der Waals surface area contributed by atoms with E-state index in [4.69, 9.17) is 4.74 Å². The van der Waals surface area contributed by atoms with Crippen molar-refractivity contribution in [2.75, 3.05) is 33.3 Å². The van der Waals surface area contributed by atoms with E-state index >= 15 is 0 Å². The van der Waals surface area contributed by atoms with E-state index in [1.807, 2.05) is 18.2 Å². The van der Waals surface area contributed by atoms with Gasteiger partial charge < -0.3 is 14.7 Å². The summed E-state index contributed by atoms with van der Waals surface area (Å²) in [5, 5.41) is 11.2. The third-order valence-electron chi connectivity index (χ3n) is 6.37. The SMILES string of the molecule is COc1cccc(C2NNCC2CN2CCC(O)(c3ccccc3C)CC2)c1. The lowest BCUT2D eigenvalue weighted by molar-refractivity contribution is -0.0292. The predicted molar refractivity (Wildman–Crippen MR) is 111 cm³/mol. The molecule has 5 heteroatoms. The van der Waals surface area contributed by atoms with Gasteiger partial charge in [-0.25, -0.2) is 5.43 Å². The predicted octanol–water partition coefficient (Wildman–Crippen LogP) is 2.75. The maximum absolute atomic E-state index is 11.2. The van der Waals surface area contributed by atoms with Gasteiger partial charge in [-0.1, -0.05) is 36.4 Å². The summed E-state index contributed by atoms with van der Waals surface area (Å²) in [5.74, 6) is 1.38. The first-order valence-electron chi connectivity index (χ1n) is 10.2. The Labute approximate surface area is 167 Å². The van der Waals surface area contributed by atoms with E-state index < -0.39 is 5.60 Å². The van der Waals surface area contributed by atoms with E-state index in [0.29, 0.717) is 5.92 Å². The Bertz CT molecular complexity index is 802. The van der Waals surface area contributed by atoms with E-state index in [2.05, 4.69) is 53.0 Å². The first-order valence-corrected chi connectivity index (χ1v) is 10.2. The lowest BCUT2D eigenvalue weighted by Crippen LogP contribution is -2.45. The van der Waals surface area contributed by atoms with Crippen molar-refractivity contribution in [1.82, 2.24) is 15.8 Å². The summed E-state index contributed by atoms with van der Waals surface area (Å²) in [6, 6.07) is 16.8. The van der Waals surface area contributed by atoms with Gasteiger partial charge in [0, 0.05) is 32.1 Å². The molecule has 2 aromatic carbocycles. The van der Waals surface area contributed by atoms with Gasteiger partial charge in [0.15, 0.2) is 0 Å². The summed E-state index contributed by atoms with van der Waals surface area (Å²) in [7, 11) is 1.71. The van der Waals surface area contributed by atoms with Crippen molar-refractivity contribution in [3.8, 4) is 5.75 Å². The average Bonchev–Trinajstić information content (AvgIpc) is 3.18. The number of nitrogens with one attached hydrogen (secondary N) is 2. The van der Waals surface area contributed by atoms with Gasteiger partial charge in [0.05, 0.1) is 18.8 Å². The summed E-state index contributed by atoms with van der Waals surface area (Å²) >= 11 is 0. The second-order valence-electron chi connectivity index (χ2n) is 8.19. The molecule has 2 aliphatic heterocycles. The lowest BCUT2D eigenvalue weighted by Gasteiger charge is -2.40. The molecular weight excluding hydrogens is 350 g/mol. The number of methoxy groups -OCH3 is 1. The number of rotatable bonds is 5. The highest BCUT2D eigenvalue weighted by molar-refractivity contribution is 5.32. The third kappa shape index (κ3) is 3.94. The van der Waals surface area contributed by atoms with Gasteiger partial charge in [0.1, 0.15) is 5.75 Å². The van der Waals surface area contributed by atoms with Crippen molar-refractivity contribution in [3.05, 3.63) is 65.2 Å². The number of hydrazine groups is 1. The largest absolute Gasteiger partial charge is 0.497 e. The van der Waals surface area contributed by atoms with Crippen LogP contribution in [0.15, 0.2) is 48.5 Å². The molecule has 2 saturated heterocycles. The van der Waals surface area contributed by atoms with Gasteiger partial charge in [-0.2, -0.15) is 0 Å².